The van der Waals surface area contributed by atoms with Crippen LogP contribution in [0.2, 0.25) is 0 Å². The molecule has 0 aliphatic heterocycles. The van der Waals surface area contributed by atoms with Crippen LogP contribution in [0.1, 0.15) is 5.56 Å². The number of para-hydroxylation sites is 1. The van der Waals surface area contributed by atoms with E-state index in [0.717, 1.165) is 0 Å². The molecular weight excluding hydrogens is 170 g/mol. The van der Waals surface area contributed by atoms with E-state index in [0.29, 0.717) is 11.3 Å². The van der Waals surface area contributed by atoms with Crippen LogP contribution in [0.3, 0.4) is 0 Å². The largest absolute Gasteiger partial charge is 0.491 e. The topological polar surface area (TPSA) is 62.0 Å². The van der Waals surface area contributed by atoms with Crippen molar-refractivity contribution in [3.63, 3.8) is 0 Å². The van der Waals surface area contributed by atoms with E-state index in [4.69, 9.17) is 15.1 Å². The fourth-order valence-corrected chi connectivity index (χ4v) is 0.936. The Morgan fingerprint density at radius 1 is 1.38 bits per heavy atom. The summed E-state index contributed by atoms with van der Waals surface area (Å²) in [5.74, 6) is 0.592. The first-order valence-corrected chi connectivity index (χ1v) is 3.88. The summed E-state index contributed by atoms with van der Waals surface area (Å²) in [4.78, 5) is 0. The van der Waals surface area contributed by atoms with Gasteiger partial charge in [-0.05, 0) is 12.1 Å². The van der Waals surface area contributed by atoms with Crippen molar-refractivity contribution in [3.05, 3.63) is 29.8 Å². The number of aliphatic hydroxyl groups is 1. The maximum absolute atomic E-state index is 8.54. The zero-order valence-corrected chi connectivity index (χ0v) is 7.05. The zero-order valence-electron chi connectivity index (χ0n) is 7.05. The Morgan fingerprint density at radius 3 is 2.85 bits per heavy atom. The van der Waals surface area contributed by atoms with Gasteiger partial charge in [-0.1, -0.05) is 17.3 Å². The van der Waals surface area contributed by atoms with E-state index in [2.05, 4.69) is 5.16 Å². The van der Waals surface area contributed by atoms with Gasteiger partial charge < -0.3 is 15.1 Å². The first kappa shape index (κ1) is 9.54. The second kappa shape index (κ2) is 5.16. The van der Waals surface area contributed by atoms with Crippen molar-refractivity contribution in [3.8, 4) is 5.75 Å². The van der Waals surface area contributed by atoms with Crippen LogP contribution in [-0.2, 0) is 0 Å². The summed E-state index contributed by atoms with van der Waals surface area (Å²) in [6.07, 6.45) is 1.28. The van der Waals surface area contributed by atoms with Gasteiger partial charge in [0.1, 0.15) is 12.4 Å². The molecule has 2 N–H and O–H groups in total. The van der Waals surface area contributed by atoms with Gasteiger partial charge in [-0.15, -0.1) is 0 Å². The molecule has 0 aliphatic rings. The number of nitrogens with zero attached hydrogens (tertiary/aromatic N) is 1. The first-order valence-electron chi connectivity index (χ1n) is 3.88. The Morgan fingerprint density at radius 2 is 2.15 bits per heavy atom. The smallest absolute Gasteiger partial charge is 0.128 e. The molecule has 0 aliphatic carbocycles. The maximum atomic E-state index is 8.54. The van der Waals surface area contributed by atoms with Gasteiger partial charge in [0.2, 0.25) is 0 Å². The molecule has 0 heterocycles. The minimum absolute atomic E-state index is 0.0371. The Labute approximate surface area is 76.1 Å². The molecule has 4 nitrogen and oxygen atoms in total. The predicted octanol–water partition coefficient (Wildman–Crippen LogP) is 0.866. The predicted molar refractivity (Wildman–Crippen MR) is 48.4 cm³/mol. The number of rotatable bonds is 4. The summed E-state index contributed by atoms with van der Waals surface area (Å²) in [6.45, 7) is 0.195. The molecule has 0 saturated heterocycles. The van der Waals surface area contributed by atoms with E-state index in [-0.39, 0.29) is 13.2 Å². The van der Waals surface area contributed by atoms with Crippen LogP contribution < -0.4 is 4.74 Å². The average molecular weight is 181 g/mol. The number of oxime groups is 1. The second-order valence-corrected chi connectivity index (χ2v) is 2.35. The molecule has 0 spiro atoms. The molecule has 1 aromatic rings. The Kier molecular flexibility index (Phi) is 3.78. The van der Waals surface area contributed by atoms with E-state index in [1.165, 1.54) is 6.21 Å². The number of benzene rings is 1. The van der Waals surface area contributed by atoms with Crippen molar-refractivity contribution in [1.82, 2.24) is 0 Å². The number of ether oxygens (including phenoxy) is 1. The van der Waals surface area contributed by atoms with E-state index in [1.54, 1.807) is 18.2 Å². The summed E-state index contributed by atoms with van der Waals surface area (Å²) in [5.41, 5.74) is 0.679. The number of aliphatic hydroxyl groups excluding tert-OH is 1. The molecule has 0 unspecified atom stereocenters. The van der Waals surface area contributed by atoms with Crippen molar-refractivity contribution in [1.29, 1.82) is 0 Å². The second-order valence-electron chi connectivity index (χ2n) is 2.35. The van der Waals surface area contributed by atoms with Crippen LogP contribution in [0, 0.1) is 0 Å². The SMILES string of the molecule is OCCOc1ccccc1/C=N/O. The standard InChI is InChI=1S/C9H11NO3/c11-5-6-13-9-4-2-1-3-8(9)7-10-12/h1-4,7,11-12H,5-6H2/b10-7+. The molecule has 70 valence electrons. The highest BCUT2D eigenvalue weighted by Crippen LogP contribution is 2.15. The molecule has 0 aromatic heterocycles. The summed E-state index contributed by atoms with van der Waals surface area (Å²) in [5, 5.41) is 19.8. The molecule has 1 aromatic carbocycles. The zero-order chi connectivity index (χ0) is 9.52. The van der Waals surface area contributed by atoms with Crippen LogP contribution in [0.25, 0.3) is 0 Å². The van der Waals surface area contributed by atoms with Crippen molar-refractivity contribution in [2.24, 2.45) is 5.16 Å². The summed E-state index contributed by atoms with van der Waals surface area (Å²) < 4.78 is 5.19. The molecule has 0 bridgehead atoms. The van der Waals surface area contributed by atoms with Crippen LogP contribution in [0.15, 0.2) is 29.4 Å². The lowest BCUT2D eigenvalue weighted by Gasteiger charge is -2.05. The lowest BCUT2D eigenvalue weighted by molar-refractivity contribution is 0.201. The normalized spacial score (nSPS) is 10.5. The number of hydrogen-bond acceptors (Lipinski definition) is 4. The van der Waals surface area contributed by atoms with Gasteiger partial charge >= 0.3 is 0 Å². The van der Waals surface area contributed by atoms with Crippen LogP contribution in [0.5, 0.6) is 5.75 Å². The summed E-state index contributed by atoms with van der Waals surface area (Å²) in [7, 11) is 0. The molecule has 0 fully saturated rings. The van der Waals surface area contributed by atoms with Gasteiger partial charge in [0, 0.05) is 5.56 Å². The highest BCUT2D eigenvalue weighted by Gasteiger charge is 1.98. The molecular formula is C9H11NO3. The molecule has 0 amide bonds. The quantitative estimate of drug-likeness (QED) is 0.411. The molecule has 4 heteroatoms. The van der Waals surface area contributed by atoms with Gasteiger partial charge in [0.05, 0.1) is 12.8 Å². The summed E-state index contributed by atoms with van der Waals surface area (Å²) >= 11 is 0. The van der Waals surface area contributed by atoms with E-state index < -0.39 is 0 Å². The van der Waals surface area contributed by atoms with E-state index in [1.807, 2.05) is 6.07 Å². The van der Waals surface area contributed by atoms with Crippen molar-refractivity contribution < 1.29 is 15.1 Å². The molecule has 0 atom stereocenters. The highest BCUT2D eigenvalue weighted by molar-refractivity contribution is 5.82. The van der Waals surface area contributed by atoms with Crippen LogP contribution in [-0.4, -0.2) is 29.7 Å². The third kappa shape index (κ3) is 2.76. The Bertz CT molecular complexity index is 286. The maximum Gasteiger partial charge on any atom is 0.128 e. The van der Waals surface area contributed by atoms with E-state index in [9.17, 15) is 0 Å². The Balaban J connectivity index is 2.78. The monoisotopic (exact) mass is 181 g/mol. The molecule has 1 rings (SSSR count). The highest BCUT2D eigenvalue weighted by atomic mass is 16.5. The van der Waals surface area contributed by atoms with Gasteiger partial charge in [0.25, 0.3) is 0 Å². The molecule has 0 saturated carbocycles. The Hall–Kier alpha value is -1.55. The minimum atomic E-state index is -0.0371. The fraction of sp³-hybridized carbons (Fsp3) is 0.222. The number of hydrogen-bond donors (Lipinski definition) is 2. The van der Waals surface area contributed by atoms with E-state index >= 15 is 0 Å². The average Bonchev–Trinajstić information content (AvgIpc) is 2.17. The molecule has 0 radical (unpaired) electrons. The fourth-order valence-electron chi connectivity index (χ4n) is 0.936. The molecule has 13 heavy (non-hydrogen) atoms. The van der Waals surface area contributed by atoms with Crippen LogP contribution >= 0.6 is 0 Å². The summed E-state index contributed by atoms with van der Waals surface area (Å²) in [6, 6.07) is 7.11. The first-order chi connectivity index (χ1) is 6.38. The van der Waals surface area contributed by atoms with Crippen molar-refractivity contribution in [2.45, 2.75) is 0 Å². The van der Waals surface area contributed by atoms with Gasteiger partial charge in [0.15, 0.2) is 0 Å². The van der Waals surface area contributed by atoms with Crippen molar-refractivity contribution in [2.75, 3.05) is 13.2 Å². The third-order valence-electron chi connectivity index (χ3n) is 1.46. The van der Waals surface area contributed by atoms with Gasteiger partial charge in [-0.25, -0.2) is 0 Å². The van der Waals surface area contributed by atoms with Gasteiger partial charge in [-0.2, -0.15) is 0 Å². The lowest BCUT2D eigenvalue weighted by atomic mass is 10.2. The van der Waals surface area contributed by atoms with Gasteiger partial charge in [-0.3, -0.25) is 0 Å². The van der Waals surface area contributed by atoms with Crippen molar-refractivity contribution >= 4 is 6.21 Å². The van der Waals surface area contributed by atoms with Crippen LogP contribution in [0.4, 0.5) is 0 Å². The lowest BCUT2D eigenvalue weighted by Crippen LogP contribution is -2.03. The minimum Gasteiger partial charge on any atom is -0.491 e. The third-order valence-corrected chi connectivity index (χ3v) is 1.46.